The summed E-state index contributed by atoms with van der Waals surface area (Å²) in [6, 6.07) is 6.18. The van der Waals surface area contributed by atoms with E-state index in [1.807, 2.05) is 27.0 Å². The zero-order chi connectivity index (χ0) is 11.6. The van der Waals surface area contributed by atoms with Crippen LogP contribution in [0, 0.1) is 6.92 Å². The summed E-state index contributed by atoms with van der Waals surface area (Å²) in [5.74, 6) is 0. The molecule has 0 aliphatic carbocycles. The molecule has 0 aliphatic rings. The van der Waals surface area contributed by atoms with Crippen molar-refractivity contribution in [3.05, 3.63) is 28.2 Å². The molecule has 84 valence electrons. The minimum Gasteiger partial charge on any atom is -0.394 e. The normalized spacial score (nSPS) is 11.6. The van der Waals surface area contributed by atoms with E-state index in [-0.39, 0.29) is 12.1 Å². The molecule has 0 heterocycles. The Kier molecular flexibility index (Phi) is 3.79. The number of likely N-dealkylation sites (N-methyl/N-ethyl adjacent to an activating group) is 1. The molecule has 1 N–H and O–H groups in total. The maximum atomic E-state index is 9.33. The molecule has 15 heavy (non-hydrogen) atoms. The number of aliphatic hydroxyl groups is 1. The fourth-order valence-electron chi connectivity index (χ4n) is 1.38. The number of aliphatic hydroxyl groups excluding tert-OH is 1. The Morgan fingerprint density at radius 2 is 2.00 bits per heavy atom. The standard InChI is InChI=1S/C12H18BrNO/c1-9-5-6-10(13)7-11(9)14(4)12(2,3)8-15/h5-7,15H,8H2,1-4H3. The number of benzene rings is 1. The number of nitrogens with zero attached hydrogens (tertiary/aromatic N) is 1. The van der Waals surface area contributed by atoms with Gasteiger partial charge in [-0.2, -0.15) is 0 Å². The van der Waals surface area contributed by atoms with Crippen LogP contribution in [0.2, 0.25) is 0 Å². The molecular weight excluding hydrogens is 254 g/mol. The van der Waals surface area contributed by atoms with Gasteiger partial charge < -0.3 is 10.0 Å². The fourth-order valence-corrected chi connectivity index (χ4v) is 1.73. The minimum absolute atomic E-state index is 0.134. The van der Waals surface area contributed by atoms with Gasteiger partial charge in [0.25, 0.3) is 0 Å². The lowest BCUT2D eigenvalue weighted by molar-refractivity contribution is 0.216. The first kappa shape index (κ1) is 12.5. The van der Waals surface area contributed by atoms with Gasteiger partial charge in [-0.1, -0.05) is 22.0 Å². The molecule has 1 aromatic carbocycles. The highest BCUT2D eigenvalue weighted by atomic mass is 79.9. The molecule has 3 heteroatoms. The average molecular weight is 272 g/mol. The Balaban J connectivity index is 3.10. The first-order chi connectivity index (χ1) is 6.88. The van der Waals surface area contributed by atoms with E-state index >= 15 is 0 Å². The molecular formula is C12H18BrNO. The van der Waals surface area contributed by atoms with Gasteiger partial charge >= 0.3 is 0 Å². The molecule has 0 aromatic heterocycles. The molecule has 0 amide bonds. The largest absolute Gasteiger partial charge is 0.394 e. The van der Waals surface area contributed by atoms with E-state index in [2.05, 4.69) is 39.9 Å². The summed E-state index contributed by atoms with van der Waals surface area (Å²) in [6.07, 6.45) is 0. The highest BCUT2D eigenvalue weighted by Crippen LogP contribution is 2.28. The molecule has 0 saturated heterocycles. The zero-order valence-electron chi connectivity index (χ0n) is 9.71. The number of halogens is 1. The SMILES string of the molecule is Cc1ccc(Br)cc1N(C)C(C)(C)CO. The lowest BCUT2D eigenvalue weighted by atomic mass is 10.0. The van der Waals surface area contributed by atoms with Gasteiger partial charge in [0.1, 0.15) is 0 Å². The van der Waals surface area contributed by atoms with Crippen molar-refractivity contribution in [2.45, 2.75) is 26.3 Å². The van der Waals surface area contributed by atoms with E-state index in [0.29, 0.717) is 0 Å². The zero-order valence-corrected chi connectivity index (χ0v) is 11.3. The lowest BCUT2D eigenvalue weighted by Crippen LogP contribution is -2.44. The Bertz CT molecular complexity index is 349. The van der Waals surface area contributed by atoms with Crippen molar-refractivity contribution in [3.63, 3.8) is 0 Å². The number of hydrogen-bond donors (Lipinski definition) is 1. The second-order valence-electron chi connectivity index (χ2n) is 4.46. The molecule has 0 bridgehead atoms. The Labute approximate surface area is 100 Å². The highest BCUT2D eigenvalue weighted by Gasteiger charge is 2.23. The van der Waals surface area contributed by atoms with Crippen LogP contribution in [0.15, 0.2) is 22.7 Å². The number of aryl methyl sites for hydroxylation is 1. The van der Waals surface area contributed by atoms with Crippen molar-refractivity contribution in [2.75, 3.05) is 18.6 Å². The van der Waals surface area contributed by atoms with E-state index in [1.165, 1.54) is 5.56 Å². The van der Waals surface area contributed by atoms with Crippen LogP contribution in [0.1, 0.15) is 19.4 Å². The van der Waals surface area contributed by atoms with Crippen LogP contribution < -0.4 is 4.90 Å². The predicted molar refractivity (Wildman–Crippen MR) is 68.4 cm³/mol. The highest BCUT2D eigenvalue weighted by molar-refractivity contribution is 9.10. The van der Waals surface area contributed by atoms with E-state index in [1.54, 1.807) is 0 Å². The van der Waals surface area contributed by atoms with Gasteiger partial charge in [-0.3, -0.25) is 0 Å². The fraction of sp³-hybridized carbons (Fsp3) is 0.500. The second kappa shape index (κ2) is 4.54. The van der Waals surface area contributed by atoms with Gasteiger partial charge in [-0.25, -0.2) is 0 Å². The third-order valence-corrected chi connectivity index (χ3v) is 3.32. The van der Waals surface area contributed by atoms with E-state index < -0.39 is 0 Å². The van der Waals surface area contributed by atoms with E-state index in [0.717, 1.165) is 10.2 Å². The molecule has 0 saturated carbocycles. The van der Waals surface area contributed by atoms with Crippen molar-refractivity contribution in [1.82, 2.24) is 0 Å². The first-order valence-corrected chi connectivity index (χ1v) is 5.78. The molecule has 0 spiro atoms. The Morgan fingerprint density at radius 3 is 2.53 bits per heavy atom. The smallest absolute Gasteiger partial charge is 0.0658 e. The second-order valence-corrected chi connectivity index (χ2v) is 5.38. The summed E-state index contributed by atoms with van der Waals surface area (Å²) < 4.78 is 1.06. The molecule has 1 rings (SSSR count). The van der Waals surface area contributed by atoms with Crippen LogP contribution in [0.3, 0.4) is 0 Å². The molecule has 0 atom stereocenters. The lowest BCUT2D eigenvalue weighted by Gasteiger charge is -2.36. The van der Waals surface area contributed by atoms with Gasteiger partial charge in [0, 0.05) is 17.2 Å². The Morgan fingerprint density at radius 1 is 1.40 bits per heavy atom. The van der Waals surface area contributed by atoms with E-state index in [9.17, 15) is 5.11 Å². The van der Waals surface area contributed by atoms with Gasteiger partial charge in [0.2, 0.25) is 0 Å². The summed E-state index contributed by atoms with van der Waals surface area (Å²) in [6.45, 7) is 6.25. The van der Waals surface area contributed by atoms with Crippen molar-refractivity contribution >= 4 is 21.6 Å². The molecule has 1 aromatic rings. The quantitative estimate of drug-likeness (QED) is 0.914. The van der Waals surface area contributed by atoms with Crippen LogP contribution in [0.4, 0.5) is 5.69 Å². The van der Waals surface area contributed by atoms with Gasteiger partial charge in [0.15, 0.2) is 0 Å². The van der Waals surface area contributed by atoms with Gasteiger partial charge in [-0.05, 0) is 38.5 Å². The molecule has 0 aliphatic heterocycles. The Hall–Kier alpha value is -0.540. The van der Waals surface area contributed by atoms with Crippen molar-refractivity contribution < 1.29 is 5.11 Å². The van der Waals surface area contributed by atoms with Crippen LogP contribution in [-0.2, 0) is 0 Å². The van der Waals surface area contributed by atoms with Crippen molar-refractivity contribution in [2.24, 2.45) is 0 Å². The van der Waals surface area contributed by atoms with Gasteiger partial charge in [-0.15, -0.1) is 0 Å². The average Bonchev–Trinajstić information content (AvgIpc) is 2.20. The summed E-state index contributed by atoms with van der Waals surface area (Å²) >= 11 is 3.46. The number of anilines is 1. The van der Waals surface area contributed by atoms with Crippen molar-refractivity contribution in [3.8, 4) is 0 Å². The number of rotatable bonds is 3. The van der Waals surface area contributed by atoms with E-state index in [4.69, 9.17) is 0 Å². The molecule has 2 nitrogen and oxygen atoms in total. The maximum Gasteiger partial charge on any atom is 0.0658 e. The number of hydrogen-bond acceptors (Lipinski definition) is 2. The molecule has 0 fully saturated rings. The van der Waals surface area contributed by atoms with Crippen LogP contribution in [-0.4, -0.2) is 24.3 Å². The third-order valence-electron chi connectivity index (χ3n) is 2.83. The van der Waals surface area contributed by atoms with Gasteiger partial charge in [0.05, 0.1) is 12.1 Å². The molecule has 0 unspecified atom stereocenters. The molecule has 0 radical (unpaired) electrons. The first-order valence-electron chi connectivity index (χ1n) is 4.99. The summed E-state index contributed by atoms with van der Waals surface area (Å²) in [7, 11) is 2.00. The summed E-state index contributed by atoms with van der Waals surface area (Å²) in [4.78, 5) is 2.10. The predicted octanol–water partition coefficient (Wildman–Crippen LogP) is 2.96. The third kappa shape index (κ3) is 2.73. The summed E-state index contributed by atoms with van der Waals surface area (Å²) in [5, 5.41) is 9.33. The minimum atomic E-state index is -0.244. The van der Waals surface area contributed by atoms with Crippen LogP contribution in [0.5, 0.6) is 0 Å². The van der Waals surface area contributed by atoms with Crippen molar-refractivity contribution in [1.29, 1.82) is 0 Å². The summed E-state index contributed by atoms with van der Waals surface area (Å²) in [5.41, 5.74) is 2.11. The van der Waals surface area contributed by atoms with Crippen LogP contribution in [0.25, 0.3) is 0 Å². The van der Waals surface area contributed by atoms with Crippen LogP contribution >= 0.6 is 15.9 Å². The monoisotopic (exact) mass is 271 g/mol. The maximum absolute atomic E-state index is 9.33. The topological polar surface area (TPSA) is 23.5 Å².